The Kier molecular flexibility index (Phi) is 9.89. The minimum atomic E-state index is -0.698. The van der Waals surface area contributed by atoms with Crippen LogP contribution in [0.2, 0.25) is 0 Å². The second-order valence-electron chi connectivity index (χ2n) is 13.4. The number of ether oxygens (including phenoxy) is 1. The van der Waals surface area contributed by atoms with Crippen molar-refractivity contribution >= 4 is 17.9 Å². The van der Waals surface area contributed by atoms with Gasteiger partial charge in [-0.3, -0.25) is 14.5 Å². The predicted molar refractivity (Wildman–Crippen MR) is 148 cm³/mol. The molecule has 2 aliphatic rings. The van der Waals surface area contributed by atoms with Gasteiger partial charge in [0.05, 0.1) is 18.0 Å². The summed E-state index contributed by atoms with van der Waals surface area (Å²) in [5.41, 5.74) is -0.756. The van der Waals surface area contributed by atoms with Gasteiger partial charge in [0.25, 0.3) is 5.91 Å². The van der Waals surface area contributed by atoms with Gasteiger partial charge in [-0.25, -0.2) is 4.79 Å². The van der Waals surface area contributed by atoms with Gasteiger partial charge in [-0.05, 0) is 99.7 Å². The maximum Gasteiger partial charge on any atom is 0.415 e. The molecule has 1 fully saturated rings. The van der Waals surface area contributed by atoms with E-state index in [0.717, 1.165) is 25.7 Å². The standard InChI is InChI=1S/C29H52N4O4/c1-12-31(13-2)24(34)23-18-22(19-32(23)26(36)37-27(3,4)5)33(21-14-16-28(6,7)17-15-21)25(35)29(8,9)20-30(10)11/h18,21-22H,12-17,19-20H2,1-11H3/t22-/m0/s1. The molecule has 2 rings (SSSR count). The largest absolute Gasteiger partial charge is 0.443 e. The van der Waals surface area contributed by atoms with Gasteiger partial charge in [0.1, 0.15) is 11.3 Å². The fourth-order valence-corrected chi connectivity index (χ4v) is 5.59. The van der Waals surface area contributed by atoms with E-state index in [2.05, 4.69) is 13.8 Å². The molecular weight excluding hydrogens is 468 g/mol. The summed E-state index contributed by atoms with van der Waals surface area (Å²) < 4.78 is 5.70. The fourth-order valence-electron chi connectivity index (χ4n) is 5.59. The first kappa shape index (κ1) is 31.1. The first-order valence-electron chi connectivity index (χ1n) is 13.9. The maximum atomic E-state index is 14.2. The molecule has 0 unspecified atom stereocenters. The molecule has 1 saturated carbocycles. The van der Waals surface area contributed by atoms with E-state index in [0.29, 0.717) is 25.3 Å². The van der Waals surface area contributed by atoms with Crippen molar-refractivity contribution in [2.75, 3.05) is 40.3 Å². The van der Waals surface area contributed by atoms with Crippen LogP contribution in [0.15, 0.2) is 11.8 Å². The number of hydrogen-bond donors (Lipinski definition) is 0. The number of carbonyl (C=O) groups is 3. The minimum Gasteiger partial charge on any atom is -0.443 e. The van der Waals surface area contributed by atoms with Gasteiger partial charge < -0.3 is 19.4 Å². The molecule has 0 radical (unpaired) electrons. The van der Waals surface area contributed by atoms with Crippen LogP contribution in [0.25, 0.3) is 0 Å². The average Bonchev–Trinajstić information content (AvgIpc) is 3.19. The summed E-state index contributed by atoms with van der Waals surface area (Å²) >= 11 is 0. The molecule has 37 heavy (non-hydrogen) atoms. The van der Waals surface area contributed by atoms with Crippen molar-refractivity contribution in [2.24, 2.45) is 10.8 Å². The molecule has 212 valence electrons. The van der Waals surface area contributed by atoms with E-state index in [1.807, 2.05) is 78.4 Å². The van der Waals surface area contributed by atoms with Crippen molar-refractivity contribution < 1.29 is 19.1 Å². The summed E-state index contributed by atoms with van der Waals surface area (Å²) in [6.45, 7) is 19.8. The van der Waals surface area contributed by atoms with Crippen molar-refractivity contribution in [3.8, 4) is 0 Å². The third-order valence-corrected chi connectivity index (χ3v) is 7.48. The molecule has 0 N–H and O–H groups in total. The monoisotopic (exact) mass is 520 g/mol. The Morgan fingerprint density at radius 1 is 1.03 bits per heavy atom. The lowest BCUT2D eigenvalue weighted by Crippen LogP contribution is -2.56. The third kappa shape index (κ3) is 7.95. The molecular formula is C29H52N4O4. The van der Waals surface area contributed by atoms with Crippen molar-refractivity contribution in [3.63, 3.8) is 0 Å². The summed E-state index contributed by atoms with van der Waals surface area (Å²) in [6, 6.07) is -0.325. The quantitative estimate of drug-likeness (QED) is 0.462. The zero-order valence-electron chi connectivity index (χ0n) is 25.3. The van der Waals surface area contributed by atoms with Crippen LogP contribution in [0.5, 0.6) is 0 Å². The Balaban J connectivity index is 2.52. The highest BCUT2D eigenvalue weighted by molar-refractivity contribution is 5.97. The van der Waals surface area contributed by atoms with Crippen LogP contribution in [-0.2, 0) is 14.3 Å². The van der Waals surface area contributed by atoms with Gasteiger partial charge in [-0.1, -0.05) is 13.8 Å². The highest BCUT2D eigenvalue weighted by Crippen LogP contribution is 2.40. The Bertz CT molecular complexity index is 858. The molecule has 0 spiro atoms. The van der Waals surface area contributed by atoms with E-state index < -0.39 is 17.1 Å². The molecule has 1 atom stereocenters. The molecule has 8 nitrogen and oxygen atoms in total. The third-order valence-electron chi connectivity index (χ3n) is 7.48. The summed E-state index contributed by atoms with van der Waals surface area (Å²) in [5.74, 6) is -0.143. The lowest BCUT2D eigenvalue weighted by Gasteiger charge is -2.45. The Labute approximate surface area is 225 Å². The van der Waals surface area contributed by atoms with Crippen LogP contribution in [-0.4, -0.2) is 95.5 Å². The van der Waals surface area contributed by atoms with Gasteiger partial charge in [-0.2, -0.15) is 0 Å². The van der Waals surface area contributed by atoms with Crippen molar-refractivity contribution in [3.05, 3.63) is 11.8 Å². The van der Waals surface area contributed by atoms with Crippen LogP contribution in [0.4, 0.5) is 4.79 Å². The van der Waals surface area contributed by atoms with Crippen molar-refractivity contribution in [2.45, 2.75) is 106 Å². The number of carbonyl (C=O) groups excluding carboxylic acids is 3. The van der Waals surface area contributed by atoms with E-state index in [1.165, 1.54) is 4.90 Å². The van der Waals surface area contributed by atoms with E-state index in [9.17, 15) is 14.4 Å². The van der Waals surface area contributed by atoms with Crippen LogP contribution in [0.3, 0.4) is 0 Å². The Hall–Kier alpha value is -2.09. The molecule has 1 aliphatic heterocycles. The van der Waals surface area contributed by atoms with Crippen LogP contribution >= 0.6 is 0 Å². The first-order valence-corrected chi connectivity index (χ1v) is 13.9. The zero-order valence-corrected chi connectivity index (χ0v) is 25.3. The van der Waals surface area contributed by atoms with Gasteiger partial charge in [-0.15, -0.1) is 0 Å². The summed E-state index contributed by atoms with van der Waals surface area (Å²) in [5, 5.41) is 0. The molecule has 8 heteroatoms. The van der Waals surface area contributed by atoms with Gasteiger partial charge in [0.15, 0.2) is 0 Å². The maximum absolute atomic E-state index is 14.2. The number of nitrogens with zero attached hydrogens (tertiary/aromatic N) is 4. The minimum absolute atomic E-state index is 0.0617. The highest BCUT2D eigenvalue weighted by atomic mass is 16.6. The molecule has 0 aromatic rings. The first-order chi connectivity index (χ1) is 16.9. The van der Waals surface area contributed by atoms with Crippen molar-refractivity contribution in [1.82, 2.24) is 19.6 Å². The number of hydrogen-bond acceptors (Lipinski definition) is 5. The summed E-state index contributed by atoms with van der Waals surface area (Å²) in [6.07, 6.45) is 5.18. The SMILES string of the molecule is CCN(CC)C(=O)C1=C[C@H](N(C(=O)C(C)(C)CN(C)C)C2CCC(C)(C)CC2)CN1C(=O)OC(C)(C)C. The van der Waals surface area contributed by atoms with Crippen LogP contribution in [0, 0.1) is 10.8 Å². The Morgan fingerprint density at radius 2 is 1.57 bits per heavy atom. The molecule has 1 heterocycles. The molecule has 0 aromatic heterocycles. The second-order valence-corrected chi connectivity index (χ2v) is 13.4. The molecule has 0 aromatic carbocycles. The fraction of sp³-hybridized carbons (Fsp3) is 0.828. The number of amides is 3. The summed E-state index contributed by atoms with van der Waals surface area (Å²) in [4.78, 5) is 48.2. The topological polar surface area (TPSA) is 73.4 Å². The lowest BCUT2D eigenvalue weighted by atomic mass is 9.74. The Morgan fingerprint density at radius 3 is 2.03 bits per heavy atom. The number of rotatable bonds is 8. The lowest BCUT2D eigenvalue weighted by molar-refractivity contribution is -0.146. The van der Waals surface area contributed by atoms with E-state index >= 15 is 0 Å². The van der Waals surface area contributed by atoms with Gasteiger partial charge in [0.2, 0.25) is 5.91 Å². The van der Waals surface area contributed by atoms with E-state index in [1.54, 1.807) is 4.90 Å². The van der Waals surface area contributed by atoms with E-state index in [4.69, 9.17) is 4.74 Å². The van der Waals surface area contributed by atoms with Gasteiger partial charge in [0, 0.05) is 25.7 Å². The average molecular weight is 521 g/mol. The highest BCUT2D eigenvalue weighted by Gasteiger charge is 2.45. The van der Waals surface area contributed by atoms with Crippen LogP contribution in [0.1, 0.15) is 88.0 Å². The number of likely N-dealkylation sites (N-methyl/N-ethyl adjacent to an activating group) is 1. The smallest absolute Gasteiger partial charge is 0.415 e. The molecule has 0 saturated heterocycles. The molecule has 3 amide bonds. The van der Waals surface area contributed by atoms with Crippen LogP contribution < -0.4 is 0 Å². The second kappa shape index (κ2) is 11.7. The van der Waals surface area contributed by atoms with Crippen molar-refractivity contribution in [1.29, 1.82) is 0 Å². The normalized spacial score (nSPS) is 20.6. The zero-order chi connectivity index (χ0) is 28.3. The predicted octanol–water partition coefficient (Wildman–Crippen LogP) is 4.74. The summed E-state index contributed by atoms with van der Waals surface area (Å²) in [7, 11) is 3.95. The molecule has 1 aliphatic carbocycles. The molecule has 0 bridgehead atoms. The van der Waals surface area contributed by atoms with Gasteiger partial charge >= 0.3 is 6.09 Å². The van der Waals surface area contributed by atoms with E-state index in [-0.39, 0.29) is 35.9 Å².